The Balaban J connectivity index is 2.48. The summed E-state index contributed by atoms with van der Waals surface area (Å²) >= 11 is 0. The third-order valence-electron chi connectivity index (χ3n) is 2.81. The number of aliphatic carboxylic acids is 1. The number of carbonyl (C=O) groups is 1. The quantitative estimate of drug-likeness (QED) is 0.877. The van der Waals surface area contributed by atoms with Crippen LogP contribution in [0.1, 0.15) is 24.4 Å². The van der Waals surface area contributed by atoms with Crippen molar-refractivity contribution in [3.8, 4) is 11.3 Å². The van der Waals surface area contributed by atoms with Crippen molar-refractivity contribution in [1.82, 2.24) is 9.97 Å². The van der Waals surface area contributed by atoms with E-state index < -0.39 is 11.9 Å². The van der Waals surface area contributed by atoms with Gasteiger partial charge in [0.25, 0.3) is 0 Å². The van der Waals surface area contributed by atoms with Gasteiger partial charge in [-0.15, -0.1) is 0 Å². The molecule has 0 saturated carbocycles. The van der Waals surface area contributed by atoms with E-state index in [0.717, 1.165) is 0 Å². The maximum absolute atomic E-state index is 13.7. The predicted octanol–water partition coefficient (Wildman–Crippen LogP) is 2.71. The molecular formula is C13H13FN2O2. The van der Waals surface area contributed by atoms with Gasteiger partial charge in [-0.1, -0.05) is 12.1 Å². The highest BCUT2D eigenvalue weighted by atomic mass is 19.1. The molecule has 2 N–H and O–H groups in total. The maximum atomic E-state index is 13.7. The molecule has 0 aliphatic heterocycles. The number of hydrogen-bond donors (Lipinski definition) is 2. The first-order chi connectivity index (χ1) is 8.50. The van der Waals surface area contributed by atoms with Gasteiger partial charge >= 0.3 is 5.97 Å². The first kappa shape index (κ1) is 12.3. The molecule has 0 aliphatic carbocycles. The molecule has 94 valence electrons. The number of rotatable bonds is 3. The summed E-state index contributed by atoms with van der Waals surface area (Å²) in [6, 6.07) is 6.28. The minimum Gasteiger partial charge on any atom is -0.481 e. The Morgan fingerprint density at radius 2 is 2.11 bits per heavy atom. The zero-order chi connectivity index (χ0) is 13.3. The van der Waals surface area contributed by atoms with Crippen LogP contribution in [-0.2, 0) is 4.79 Å². The van der Waals surface area contributed by atoms with Gasteiger partial charge in [0.2, 0.25) is 0 Å². The lowest BCUT2D eigenvalue weighted by atomic mass is 10.1. The Kier molecular flexibility index (Phi) is 3.14. The van der Waals surface area contributed by atoms with Crippen LogP contribution in [0.25, 0.3) is 11.3 Å². The number of aromatic nitrogens is 2. The van der Waals surface area contributed by atoms with E-state index in [1.165, 1.54) is 13.0 Å². The number of aromatic amines is 1. The van der Waals surface area contributed by atoms with Crippen molar-refractivity contribution >= 4 is 5.97 Å². The SMILES string of the molecule is Cc1[nH]c(C(C)C(=O)O)nc1-c1ccccc1F. The van der Waals surface area contributed by atoms with Gasteiger partial charge in [0, 0.05) is 11.3 Å². The lowest BCUT2D eigenvalue weighted by Crippen LogP contribution is -2.09. The van der Waals surface area contributed by atoms with Crippen molar-refractivity contribution in [1.29, 1.82) is 0 Å². The minimum absolute atomic E-state index is 0.332. The van der Waals surface area contributed by atoms with Crippen molar-refractivity contribution < 1.29 is 14.3 Å². The monoisotopic (exact) mass is 248 g/mol. The van der Waals surface area contributed by atoms with Crippen molar-refractivity contribution in [2.45, 2.75) is 19.8 Å². The zero-order valence-corrected chi connectivity index (χ0v) is 10.1. The summed E-state index contributed by atoms with van der Waals surface area (Å²) in [6.07, 6.45) is 0. The van der Waals surface area contributed by atoms with Gasteiger partial charge in [0.05, 0.1) is 5.69 Å². The third-order valence-corrected chi connectivity index (χ3v) is 2.81. The van der Waals surface area contributed by atoms with Gasteiger partial charge < -0.3 is 10.1 Å². The van der Waals surface area contributed by atoms with Crippen LogP contribution in [0.3, 0.4) is 0 Å². The van der Waals surface area contributed by atoms with Gasteiger partial charge in [-0.2, -0.15) is 0 Å². The molecule has 0 fully saturated rings. The number of imidazole rings is 1. The highest BCUT2D eigenvalue weighted by Crippen LogP contribution is 2.26. The fourth-order valence-electron chi connectivity index (χ4n) is 1.72. The van der Waals surface area contributed by atoms with Crippen LogP contribution < -0.4 is 0 Å². The van der Waals surface area contributed by atoms with E-state index in [1.54, 1.807) is 25.1 Å². The van der Waals surface area contributed by atoms with Gasteiger partial charge in [0.15, 0.2) is 0 Å². The van der Waals surface area contributed by atoms with Crippen LogP contribution in [0.5, 0.6) is 0 Å². The Bertz CT molecular complexity index is 592. The van der Waals surface area contributed by atoms with Crippen LogP contribution in [0.4, 0.5) is 4.39 Å². The van der Waals surface area contributed by atoms with Crippen LogP contribution in [0.15, 0.2) is 24.3 Å². The molecule has 0 saturated heterocycles. The number of benzene rings is 1. The van der Waals surface area contributed by atoms with E-state index in [-0.39, 0.29) is 5.82 Å². The Hall–Kier alpha value is -2.17. The van der Waals surface area contributed by atoms with Gasteiger partial charge in [-0.05, 0) is 26.0 Å². The van der Waals surface area contributed by atoms with Gasteiger partial charge in [-0.25, -0.2) is 9.37 Å². The predicted molar refractivity (Wildman–Crippen MR) is 64.8 cm³/mol. The average molecular weight is 248 g/mol. The number of halogens is 1. The van der Waals surface area contributed by atoms with Crippen molar-refractivity contribution in [3.05, 3.63) is 41.6 Å². The second-order valence-electron chi connectivity index (χ2n) is 4.14. The molecule has 0 bridgehead atoms. The molecule has 2 rings (SSSR count). The molecule has 2 aromatic rings. The topological polar surface area (TPSA) is 66.0 Å². The molecule has 5 heteroatoms. The average Bonchev–Trinajstić information content (AvgIpc) is 2.71. The fourth-order valence-corrected chi connectivity index (χ4v) is 1.72. The molecule has 1 aromatic carbocycles. The molecule has 0 radical (unpaired) electrons. The Labute approximate surface area is 103 Å². The normalized spacial score (nSPS) is 12.4. The van der Waals surface area contributed by atoms with E-state index in [4.69, 9.17) is 5.11 Å². The number of nitrogens with one attached hydrogen (secondary N) is 1. The molecule has 0 amide bonds. The van der Waals surface area contributed by atoms with Crippen LogP contribution in [0, 0.1) is 12.7 Å². The molecule has 1 atom stereocenters. The summed E-state index contributed by atoms with van der Waals surface area (Å²) < 4.78 is 13.7. The molecule has 1 heterocycles. The largest absolute Gasteiger partial charge is 0.481 e. The van der Waals surface area contributed by atoms with Gasteiger partial charge in [-0.3, -0.25) is 4.79 Å². The van der Waals surface area contributed by atoms with E-state index >= 15 is 0 Å². The number of nitrogens with zero attached hydrogens (tertiary/aromatic N) is 1. The smallest absolute Gasteiger partial charge is 0.313 e. The Morgan fingerprint density at radius 1 is 1.44 bits per heavy atom. The summed E-state index contributed by atoms with van der Waals surface area (Å²) in [4.78, 5) is 18.0. The van der Waals surface area contributed by atoms with E-state index in [9.17, 15) is 9.18 Å². The first-order valence-corrected chi connectivity index (χ1v) is 5.55. The molecule has 1 unspecified atom stereocenters. The molecule has 4 nitrogen and oxygen atoms in total. The van der Waals surface area contributed by atoms with Gasteiger partial charge in [0.1, 0.15) is 17.6 Å². The highest BCUT2D eigenvalue weighted by molar-refractivity contribution is 5.75. The lowest BCUT2D eigenvalue weighted by Gasteiger charge is -2.01. The maximum Gasteiger partial charge on any atom is 0.313 e. The first-order valence-electron chi connectivity index (χ1n) is 5.55. The number of carboxylic acids is 1. The number of hydrogen-bond acceptors (Lipinski definition) is 2. The number of carboxylic acid groups (broad SMARTS) is 1. The fraction of sp³-hybridized carbons (Fsp3) is 0.231. The molecular weight excluding hydrogens is 235 g/mol. The lowest BCUT2D eigenvalue weighted by molar-refractivity contribution is -0.138. The van der Waals surface area contributed by atoms with Crippen molar-refractivity contribution in [2.75, 3.05) is 0 Å². The van der Waals surface area contributed by atoms with Crippen LogP contribution >= 0.6 is 0 Å². The van der Waals surface area contributed by atoms with Crippen LogP contribution in [-0.4, -0.2) is 21.0 Å². The standard InChI is InChI=1S/C13H13FN2O2/c1-7(13(17)18)12-15-8(2)11(16-12)9-5-3-4-6-10(9)14/h3-7H,1-2H3,(H,15,16)(H,17,18). The molecule has 0 aliphatic rings. The molecule has 18 heavy (non-hydrogen) atoms. The van der Waals surface area contributed by atoms with Crippen molar-refractivity contribution in [2.24, 2.45) is 0 Å². The highest BCUT2D eigenvalue weighted by Gasteiger charge is 2.20. The summed E-state index contributed by atoms with van der Waals surface area (Å²) in [6.45, 7) is 3.28. The summed E-state index contributed by atoms with van der Waals surface area (Å²) in [5, 5.41) is 8.93. The van der Waals surface area contributed by atoms with Crippen molar-refractivity contribution in [3.63, 3.8) is 0 Å². The van der Waals surface area contributed by atoms with Crippen LogP contribution in [0.2, 0.25) is 0 Å². The summed E-state index contributed by atoms with van der Waals surface area (Å²) in [7, 11) is 0. The second-order valence-corrected chi connectivity index (χ2v) is 4.14. The molecule has 1 aromatic heterocycles. The van der Waals surface area contributed by atoms with E-state index in [1.807, 2.05) is 0 Å². The second kappa shape index (κ2) is 4.60. The molecule has 0 spiro atoms. The third kappa shape index (κ3) is 2.11. The van der Waals surface area contributed by atoms with E-state index in [2.05, 4.69) is 9.97 Å². The van der Waals surface area contributed by atoms with E-state index in [0.29, 0.717) is 22.8 Å². The minimum atomic E-state index is -0.969. The summed E-state index contributed by atoms with van der Waals surface area (Å²) in [5.74, 6) is -1.76. The number of aryl methyl sites for hydroxylation is 1. The number of H-pyrrole nitrogens is 1. The zero-order valence-electron chi connectivity index (χ0n) is 10.1. The Morgan fingerprint density at radius 3 is 2.72 bits per heavy atom. The summed E-state index contributed by atoms with van der Waals surface area (Å²) in [5.41, 5.74) is 1.48.